The summed E-state index contributed by atoms with van der Waals surface area (Å²) in [6.07, 6.45) is 3.67. The van der Waals surface area contributed by atoms with Crippen molar-refractivity contribution in [3.63, 3.8) is 0 Å². The minimum Gasteiger partial charge on any atom is -0.278 e. The molecular formula is C40H28N4. The maximum absolute atomic E-state index is 5.21. The van der Waals surface area contributed by atoms with Gasteiger partial charge in [0.15, 0.2) is 0 Å². The second-order valence-corrected chi connectivity index (χ2v) is 12.1. The largest absolute Gasteiger partial charge is 0.278 e. The zero-order valence-electron chi connectivity index (χ0n) is 24.5. The number of nitrogens with zero attached hydrogens (tertiary/aromatic N) is 4. The van der Waals surface area contributed by atoms with E-state index >= 15 is 0 Å². The molecule has 1 aliphatic carbocycles. The number of rotatable bonds is 3. The molecule has 0 fully saturated rings. The van der Waals surface area contributed by atoms with Gasteiger partial charge in [0.05, 0.1) is 16.7 Å². The van der Waals surface area contributed by atoms with Gasteiger partial charge in [-0.1, -0.05) is 92.7 Å². The zero-order valence-corrected chi connectivity index (χ0v) is 24.5. The van der Waals surface area contributed by atoms with Crippen LogP contribution in [0.25, 0.3) is 72.2 Å². The third-order valence-electron chi connectivity index (χ3n) is 9.28. The Morgan fingerprint density at radius 1 is 0.591 bits per heavy atom. The summed E-state index contributed by atoms with van der Waals surface area (Å²) in [5, 5.41) is 3.47. The van der Waals surface area contributed by atoms with Gasteiger partial charge in [-0.15, -0.1) is 0 Å². The predicted octanol–water partition coefficient (Wildman–Crippen LogP) is 9.76. The lowest BCUT2D eigenvalue weighted by Crippen LogP contribution is -2.16. The number of pyridine rings is 3. The first-order chi connectivity index (χ1) is 21.6. The van der Waals surface area contributed by atoms with Gasteiger partial charge in [-0.2, -0.15) is 0 Å². The van der Waals surface area contributed by atoms with E-state index in [1.165, 1.54) is 44.3 Å². The first-order valence-electron chi connectivity index (χ1n) is 15.0. The maximum atomic E-state index is 5.21. The van der Waals surface area contributed by atoms with Crippen LogP contribution in [0, 0.1) is 0 Å². The molecular weight excluding hydrogens is 536 g/mol. The van der Waals surface area contributed by atoms with Gasteiger partial charge >= 0.3 is 0 Å². The Kier molecular flexibility index (Phi) is 5.21. The van der Waals surface area contributed by atoms with E-state index in [0.717, 1.165) is 39.0 Å². The number of aromatic nitrogens is 4. The Hall–Kier alpha value is -5.61. The summed E-state index contributed by atoms with van der Waals surface area (Å²) in [7, 11) is 0. The molecule has 0 saturated carbocycles. The van der Waals surface area contributed by atoms with Gasteiger partial charge in [0.25, 0.3) is 0 Å². The van der Waals surface area contributed by atoms with Crippen molar-refractivity contribution in [2.45, 2.75) is 19.3 Å². The standard InChI is InChI=1S/C40H28N4/c1-40(2)32-13-5-3-10-29(32)38-37(40)36(30-11-4-6-14-33(30)43-38)26-18-16-25(17-19-26)27-20-21-34-31(24-27)28-12-9-23-42-39(28)44(34)35-15-7-8-22-41-35/h3-24H,1-2H3. The van der Waals surface area contributed by atoms with Gasteiger partial charge in [-0.3, -0.25) is 4.57 Å². The van der Waals surface area contributed by atoms with Crippen molar-refractivity contribution in [3.05, 3.63) is 145 Å². The molecule has 8 aromatic rings. The van der Waals surface area contributed by atoms with Crippen LogP contribution in [0.15, 0.2) is 134 Å². The fraction of sp³-hybridized carbons (Fsp3) is 0.0750. The summed E-state index contributed by atoms with van der Waals surface area (Å²) in [4.78, 5) is 14.6. The van der Waals surface area contributed by atoms with Crippen LogP contribution >= 0.6 is 0 Å². The molecule has 0 amide bonds. The number of hydrogen-bond donors (Lipinski definition) is 0. The Morgan fingerprint density at radius 3 is 2.18 bits per heavy atom. The third kappa shape index (κ3) is 3.48. The Balaban J connectivity index is 1.21. The minimum atomic E-state index is -0.155. The smallest absolute Gasteiger partial charge is 0.146 e. The van der Waals surface area contributed by atoms with E-state index in [2.05, 4.69) is 120 Å². The van der Waals surface area contributed by atoms with Gasteiger partial charge in [-0.05, 0) is 75.8 Å². The maximum Gasteiger partial charge on any atom is 0.146 e. The number of para-hydroxylation sites is 1. The molecule has 4 nitrogen and oxygen atoms in total. The molecule has 4 aromatic carbocycles. The van der Waals surface area contributed by atoms with E-state index in [-0.39, 0.29) is 5.41 Å². The van der Waals surface area contributed by atoms with Gasteiger partial charge in [0.1, 0.15) is 11.5 Å². The van der Waals surface area contributed by atoms with Crippen LogP contribution in [-0.2, 0) is 5.41 Å². The van der Waals surface area contributed by atoms with Crippen LogP contribution in [0.1, 0.15) is 25.0 Å². The summed E-state index contributed by atoms with van der Waals surface area (Å²) >= 11 is 0. The van der Waals surface area contributed by atoms with Crippen molar-refractivity contribution in [1.82, 2.24) is 19.5 Å². The predicted molar refractivity (Wildman–Crippen MR) is 180 cm³/mol. The summed E-state index contributed by atoms with van der Waals surface area (Å²) in [6.45, 7) is 4.66. The molecule has 0 spiro atoms. The van der Waals surface area contributed by atoms with Crippen LogP contribution < -0.4 is 0 Å². The molecule has 0 aliphatic heterocycles. The van der Waals surface area contributed by atoms with E-state index in [1.54, 1.807) is 0 Å². The second-order valence-electron chi connectivity index (χ2n) is 12.1. The average molecular weight is 565 g/mol. The van der Waals surface area contributed by atoms with Crippen molar-refractivity contribution in [1.29, 1.82) is 0 Å². The number of fused-ring (bicyclic) bond motifs is 7. The quantitative estimate of drug-likeness (QED) is 0.215. The Bertz CT molecular complexity index is 2400. The van der Waals surface area contributed by atoms with Crippen molar-refractivity contribution in [3.8, 4) is 39.3 Å². The molecule has 208 valence electrons. The first-order valence-corrected chi connectivity index (χ1v) is 15.0. The van der Waals surface area contributed by atoms with Crippen molar-refractivity contribution >= 4 is 32.8 Å². The zero-order chi connectivity index (χ0) is 29.4. The molecule has 4 heteroatoms. The van der Waals surface area contributed by atoms with E-state index in [4.69, 9.17) is 9.97 Å². The van der Waals surface area contributed by atoms with Crippen molar-refractivity contribution in [2.75, 3.05) is 0 Å². The molecule has 4 aromatic heterocycles. The second kappa shape index (κ2) is 9.19. The highest BCUT2D eigenvalue weighted by Crippen LogP contribution is 2.53. The molecule has 9 rings (SSSR count). The lowest BCUT2D eigenvalue weighted by Gasteiger charge is -2.25. The van der Waals surface area contributed by atoms with Gasteiger partial charge < -0.3 is 0 Å². The Labute approximate surface area is 255 Å². The lowest BCUT2D eigenvalue weighted by molar-refractivity contribution is 0.662. The van der Waals surface area contributed by atoms with Crippen LogP contribution in [0.2, 0.25) is 0 Å². The van der Waals surface area contributed by atoms with E-state index in [9.17, 15) is 0 Å². The summed E-state index contributed by atoms with van der Waals surface area (Å²) in [6, 6.07) is 43.1. The summed E-state index contributed by atoms with van der Waals surface area (Å²) < 4.78 is 2.15. The van der Waals surface area contributed by atoms with Gasteiger partial charge in [0.2, 0.25) is 0 Å². The third-order valence-corrected chi connectivity index (χ3v) is 9.28. The first kappa shape index (κ1) is 24.9. The molecule has 0 atom stereocenters. The van der Waals surface area contributed by atoms with Crippen LogP contribution in [-0.4, -0.2) is 19.5 Å². The van der Waals surface area contributed by atoms with Gasteiger partial charge in [0, 0.05) is 39.5 Å². The molecule has 0 unspecified atom stereocenters. The summed E-state index contributed by atoms with van der Waals surface area (Å²) in [5.41, 5.74) is 12.7. The topological polar surface area (TPSA) is 43.6 Å². The molecule has 0 saturated heterocycles. The van der Waals surface area contributed by atoms with Crippen LogP contribution in [0.5, 0.6) is 0 Å². The fourth-order valence-electron chi connectivity index (χ4n) is 7.26. The summed E-state index contributed by atoms with van der Waals surface area (Å²) in [5.74, 6) is 0.866. The van der Waals surface area contributed by atoms with E-state index in [0.29, 0.717) is 0 Å². The highest BCUT2D eigenvalue weighted by Gasteiger charge is 2.39. The van der Waals surface area contributed by atoms with Crippen molar-refractivity contribution < 1.29 is 0 Å². The average Bonchev–Trinajstić information content (AvgIpc) is 3.52. The SMILES string of the molecule is CC1(C)c2ccccc2-c2nc3ccccc3c(-c3ccc(-c4ccc5c(c4)c4cccnc4n5-c4ccccn4)cc3)c21. The van der Waals surface area contributed by atoms with Crippen LogP contribution in [0.3, 0.4) is 0 Å². The molecule has 0 radical (unpaired) electrons. The lowest BCUT2D eigenvalue weighted by atomic mass is 9.78. The Morgan fingerprint density at radius 2 is 1.32 bits per heavy atom. The van der Waals surface area contributed by atoms with Crippen LogP contribution in [0.4, 0.5) is 0 Å². The van der Waals surface area contributed by atoms with Crippen molar-refractivity contribution in [2.24, 2.45) is 0 Å². The fourth-order valence-corrected chi connectivity index (χ4v) is 7.26. The van der Waals surface area contributed by atoms with E-state index < -0.39 is 0 Å². The normalized spacial score (nSPS) is 13.4. The number of benzene rings is 4. The minimum absolute atomic E-state index is 0.155. The molecule has 0 N–H and O–H groups in total. The van der Waals surface area contributed by atoms with Gasteiger partial charge in [-0.25, -0.2) is 15.0 Å². The highest BCUT2D eigenvalue weighted by molar-refractivity contribution is 6.09. The molecule has 44 heavy (non-hydrogen) atoms. The molecule has 4 heterocycles. The monoisotopic (exact) mass is 564 g/mol. The van der Waals surface area contributed by atoms with E-state index in [1.807, 2.05) is 36.7 Å². The molecule has 0 bridgehead atoms. The molecule has 1 aliphatic rings. The number of hydrogen-bond acceptors (Lipinski definition) is 3. The highest BCUT2D eigenvalue weighted by atomic mass is 15.1.